The molecule has 0 spiro atoms. The van der Waals surface area contributed by atoms with Gasteiger partial charge in [0.2, 0.25) is 0 Å². The zero-order chi connectivity index (χ0) is 15.1. The fourth-order valence-corrected chi connectivity index (χ4v) is 1.96. The lowest BCUT2D eigenvalue weighted by Gasteiger charge is -2.11. The van der Waals surface area contributed by atoms with Gasteiger partial charge < -0.3 is 15.2 Å². The molecule has 0 saturated carbocycles. The van der Waals surface area contributed by atoms with Crippen molar-refractivity contribution in [3.63, 3.8) is 0 Å². The molecule has 0 unspecified atom stereocenters. The maximum atomic E-state index is 11.1. The number of carboxylic acid groups (broad SMARTS) is 1. The first-order valence-electron chi connectivity index (χ1n) is 6.78. The first-order valence-corrected chi connectivity index (χ1v) is 6.78. The van der Waals surface area contributed by atoms with Crippen molar-refractivity contribution < 1.29 is 14.6 Å². The highest BCUT2D eigenvalue weighted by molar-refractivity contribution is 5.97. The maximum absolute atomic E-state index is 11.1. The molecule has 0 bridgehead atoms. The van der Waals surface area contributed by atoms with Gasteiger partial charge in [-0.25, -0.2) is 9.78 Å². The van der Waals surface area contributed by atoms with Gasteiger partial charge in [-0.3, -0.25) is 0 Å². The van der Waals surface area contributed by atoms with Gasteiger partial charge in [-0.05, 0) is 18.6 Å². The maximum Gasteiger partial charge on any atom is 0.354 e. The summed E-state index contributed by atoms with van der Waals surface area (Å²) in [4.78, 5) is 15.2. The number of fused-ring (bicyclic) bond motifs is 1. The Morgan fingerprint density at radius 2 is 2.19 bits per heavy atom. The lowest BCUT2D eigenvalue weighted by molar-refractivity contribution is 0.0691. The predicted molar refractivity (Wildman–Crippen MR) is 82.8 cm³/mol. The Bertz CT molecular complexity index is 640. The minimum absolute atomic E-state index is 0.0313. The van der Waals surface area contributed by atoms with Crippen LogP contribution in [0.15, 0.2) is 43.0 Å². The summed E-state index contributed by atoms with van der Waals surface area (Å²) >= 11 is 0. The summed E-state index contributed by atoms with van der Waals surface area (Å²) in [5.41, 5.74) is 1.45. The molecule has 0 aliphatic carbocycles. The van der Waals surface area contributed by atoms with E-state index in [0.29, 0.717) is 25.3 Å². The van der Waals surface area contributed by atoms with Crippen molar-refractivity contribution in [3.8, 4) is 0 Å². The summed E-state index contributed by atoms with van der Waals surface area (Å²) in [6.45, 7) is 5.42. The molecule has 2 rings (SSSR count). The van der Waals surface area contributed by atoms with E-state index in [2.05, 4.69) is 16.9 Å². The number of nitrogens with zero attached hydrogens (tertiary/aromatic N) is 1. The second kappa shape index (κ2) is 7.40. The van der Waals surface area contributed by atoms with Crippen LogP contribution in [-0.4, -0.2) is 35.8 Å². The third-order valence-electron chi connectivity index (χ3n) is 2.96. The predicted octanol–water partition coefficient (Wildman–Crippen LogP) is 2.94. The number of benzene rings is 1. The fraction of sp³-hybridized carbons (Fsp3) is 0.250. The van der Waals surface area contributed by atoms with Crippen LogP contribution in [0.25, 0.3) is 10.9 Å². The molecule has 0 aliphatic rings. The Kier molecular flexibility index (Phi) is 5.29. The van der Waals surface area contributed by atoms with Crippen LogP contribution in [0.4, 0.5) is 5.69 Å². The number of aromatic nitrogens is 1. The second-order valence-electron chi connectivity index (χ2n) is 4.49. The topological polar surface area (TPSA) is 71.5 Å². The molecule has 0 atom stereocenters. The number of para-hydroxylation sites is 1. The Morgan fingerprint density at radius 3 is 2.95 bits per heavy atom. The molecule has 0 amide bonds. The molecule has 0 fully saturated rings. The van der Waals surface area contributed by atoms with Gasteiger partial charge in [-0.15, -0.1) is 6.58 Å². The summed E-state index contributed by atoms with van der Waals surface area (Å²) < 4.78 is 5.42. The monoisotopic (exact) mass is 286 g/mol. The molecule has 5 heteroatoms. The average Bonchev–Trinajstić information content (AvgIpc) is 2.50. The number of carbonyl (C=O) groups is 1. The van der Waals surface area contributed by atoms with Gasteiger partial charge in [0.05, 0.1) is 18.7 Å². The van der Waals surface area contributed by atoms with Gasteiger partial charge in [-0.2, -0.15) is 0 Å². The molecule has 1 heterocycles. The van der Waals surface area contributed by atoms with E-state index in [1.807, 2.05) is 24.3 Å². The summed E-state index contributed by atoms with van der Waals surface area (Å²) in [6.07, 6.45) is 2.63. The smallest absolute Gasteiger partial charge is 0.354 e. The van der Waals surface area contributed by atoms with E-state index >= 15 is 0 Å². The van der Waals surface area contributed by atoms with Crippen LogP contribution >= 0.6 is 0 Å². The highest BCUT2D eigenvalue weighted by Crippen LogP contribution is 2.22. The largest absolute Gasteiger partial charge is 0.477 e. The van der Waals surface area contributed by atoms with Crippen molar-refractivity contribution in [2.24, 2.45) is 0 Å². The number of ether oxygens (including phenoxy) is 1. The summed E-state index contributed by atoms with van der Waals surface area (Å²) in [6, 6.07) is 9.00. The van der Waals surface area contributed by atoms with Crippen molar-refractivity contribution in [2.45, 2.75) is 6.42 Å². The highest BCUT2D eigenvalue weighted by atomic mass is 16.5. The number of aromatic carboxylic acids is 1. The van der Waals surface area contributed by atoms with Gasteiger partial charge in [-0.1, -0.05) is 24.3 Å². The standard InChI is InChI=1S/C16H18N2O3/c1-2-3-9-21-10-8-17-14-11-15(16(19)20)18-13-7-5-4-6-12(13)14/h2,4-7,11H,1,3,8-10H2,(H,17,18)(H,19,20). The van der Waals surface area contributed by atoms with E-state index in [1.54, 1.807) is 12.1 Å². The molecule has 21 heavy (non-hydrogen) atoms. The molecule has 2 aromatic rings. The van der Waals surface area contributed by atoms with Crippen LogP contribution < -0.4 is 5.32 Å². The lowest BCUT2D eigenvalue weighted by Crippen LogP contribution is -2.11. The van der Waals surface area contributed by atoms with Crippen LogP contribution in [0.5, 0.6) is 0 Å². The highest BCUT2D eigenvalue weighted by Gasteiger charge is 2.10. The Labute approximate surface area is 123 Å². The van der Waals surface area contributed by atoms with E-state index in [9.17, 15) is 4.79 Å². The fourth-order valence-electron chi connectivity index (χ4n) is 1.96. The first-order chi connectivity index (χ1) is 10.2. The van der Waals surface area contributed by atoms with Crippen molar-refractivity contribution in [3.05, 3.63) is 48.7 Å². The van der Waals surface area contributed by atoms with Gasteiger partial charge >= 0.3 is 5.97 Å². The summed E-state index contributed by atoms with van der Waals surface area (Å²) in [5, 5.41) is 13.2. The first kappa shape index (κ1) is 15.0. The van der Waals surface area contributed by atoms with E-state index in [-0.39, 0.29) is 5.69 Å². The molecule has 1 aromatic carbocycles. The number of rotatable bonds is 8. The summed E-state index contributed by atoms with van der Waals surface area (Å²) in [5.74, 6) is -1.04. The van der Waals surface area contributed by atoms with E-state index in [0.717, 1.165) is 17.5 Å². The van der Waals surface area contributed by atoms with Crippen molar-refractivity contribution in [1.29, 1.82) is 0 Å². The minimum atomic E-state index is -1.04. The Morgan fingerprint density at radius 1 is 1.38 bits per heavy atom. The quantitative estimate of drug-likeness (QED) is 0.576. The molecule has 0 radical (unpaired) electrons. The van der Waals surface area contributed by atoms with Gasteiger partial charge in [0.1, 0.15) is 0 Å². The van der Waals surface area contributed by atoms with Crippen LogP contribution in [0, 0.1) is 0 Å². The number of hydrogen-bond acceptors (Lipinski definition) is 4. The molecular weight excluding hydrogens is 268 g/mol. The minimum Gasteiger partial charge on any atom is -0.477 e. The Hall–Kier alpha value is -2.40. The van der Waals surface area contributed by atoms with Crippen molar-refractivity contribution in [2.75, 3.05) is 25.1 Å². The number of carboxylic acids is 1. The zero-order valence-electron chi connectivity index (χ0n) is 11.7. The van der Waals surface area contributed by atoms with Crippen LogP contribution in [-0.2, 0) is 4.74 Å². The lowest BCUT2D eigenvalue weighted by atomic mass is 10.1. The molecule has 0 aliphatic heterocycles. The van der Waals surface area contributed by atoms with Crippen LogP contribution in [0.1, 0.15) is 16.9 Å². The van der Waals surface area contributed by atoms with Gasteiger partial charge in [0, 0.05) is 17.6 Å². The van der Waals surface area contributed by atoms with E-state index in [4.69, 9.17) is 9.84 Å². The van der Waals surface area contributed by atoms with E-state index in [1.165, 1.54) is 0 Å². The number of hydrogen-bond donors (Lipinski definition) is 2. The van der Waals surface area contributed by atoms with Crippen LogP contribution in [0.2, 0.25) is 0 Å². The number of anilines is 1. The number of nitrogens with one attached hydrogen (secondary N) is 1. The third kappa shape index (κ3) is 4.03. The molecule has 1 aromatic heterocycles. The van der Waals surface area contributed by atoms with Crippen molar-refractivity contribution >= 4 is 22.6 Å². The average molecular weight is 286 g/mol. The SMILES string of the molecule is C=CCCOCCNc1cc(C(=O)O)nc2ccccc12. The third-order valence-corrected chi connectivity index (χ3v) is 2.96. The molecule has 0 saturated heterocycles. The molecule has 110 valence electrons. The normalized spacial score (nSPS) is 10.5. The van der Waals surface area contributed by atoms with E-state index < -0.39 is 5.97 Å². The van der Waals surface area contributed by atoms with Crippen molar-refractivity contribution in [1.82, 2.24) is 4.98 Å². The molecule has 5 nitrogen and oxygen atoms in total. The van der Waals surface area contributed by atoms with Crippen LogP contribution in [0.3, 0.4) is 0 Å². The van der Waals surface area contributed by atoms with Gasteiger partial charge in [0.15, 0.2) is 5.69 Å². The molecule has 2 N–H and O–H groups in total. The summed E-state index contributed by atoms with van der Waals surface area (Å²) in [7, 11) is 0. The number of pyridine rings is 1. The zero-order valence-corrected chi connectivity index (χ0v) is 11.7. The Balaban J connectivity index is 2.10. The second-order valence-corrected chi connectivity index (χ2v) is 4.49. The molecular formula is C16H18N2O3. The van der Waals surface area contributed by atoms with Gasteiger partial charge in [0.25, 0.3) is 0 Å².